The highest BCUT2D eigenvalue weighted by Gasteiger charge is 2.35. The molecule has 2 fully saturated rings. The summed E-state index contributed by atoms with van der Waals surface area (Å²) in [5, 5.41) is 15.7. The fourth-order valence-corrected chi connectivity index (χ4v) is 3.77. The first-order chi connectivity index (χ1) is 15.2. The number of hydrogen-bond acceptors (Lipinski definition) is 7. The average Bonchev–Trinajstić information content (AvgIpc) is 3.07. The smallest absolute Gasteiger partial charge is 0.251 e. The van der Waals surface area contributed by atoms with E-state index < -0.39 is 30.0 Å². The SMILES string of the molecule is C=C(C)C[C@H](NC(=O)c1ccc(O)c(CN2CCOCC2)c1)C(=O)N[C@@H]1C(=O)CO[C@@H]1C. The molecule has 2 saturated heterocycles. The molecule has 2 amide bonds. The molecule has 174 valence electrons. The van der Waals surface area contributed by atoms with E-state index in [0.717, 1.165) is 13.1 Å². The number of ketones is 1. The molecule has 1 aromatic rings. The minimum absolute atomic E-state index is 0.0386. The molecule has 0 saturated carbocycles. The van der Waals surface area contributed by atoms with Gasteiger partial charge in [-0.05, 0) is 38.5 Å². The number of carbonyl (C=O) groups is 3. The first-order valence-electron chi connectivity index (χ1n) is 10.8. The van der Waals surface area contributed by atoms with E-state index in [4.69, 9.17) is 9.47 Å². The Kier molecular flexibility index (Phi) is 8.00. The number of phenols is 1. The van der Waals surface area contributed by atoms with Gasteiger partial charge in [-0.1, -0.05) is 5.57 Å². The van der Waals surface area contributed by atoms with Crippen LogP contribution in [0.5, 0.6) is 5.75 Å². The zero-order valence-electron chi connectivity index (χ0n) is 18.6. The summed E-state index contributed by atoms with van der Waals surface area (Å²) < 4.78 is 10.6. The van der Waals surface area contributed by atoms with Gasteiger partial charge in [0, 0.05) is 30.8 Å². The van der Waals surface area contributed by atoms with Crippen LogP contribution in [0, 0.1) is 0 Å². The van der Waals surface area contributed by atoms with Crippen molar-refractivity contribution in [2.75, 3.05) is 32.9 Å². The lowest BCUT2D eigenvalue weighted by Gasteiger charge is -2.27. The number of Topliss-reactive ketones (excluding diaryl/α,β-unsaturated/α-hetero) is 1. The standard InChI is InChI=1S/C23H31N3O6/c1-14(2)10-18(23(30)25-21-15(3)32-13-20(21)28)24-22(29)16-4-5-19(27)17(11-16)12-26-6-8-31-9-7-26/h4-5,11,15,18,21,27H,1,6-10,12-13H2,2-3H3,(H,24,29)(H,25,30)/t15-,18+,21+/m1/s1. The third kappa shape index (κ3) is 6.15. The van der Waals surface area contributed by atoms with Crippen molar-refractivity contribution in [2.45, 2.75) is 45.0 Å². The Morgan fingerprint density at radius 3 is 2.66 bits per heavy atom. The van der Waals surface area contributed by atoms with Crippen molar-refractivity contribution in [3.05, 3.63) is 41.5 Å². The maximum absolute atomic E-state index is 12.9. The molecule has 0 aliphatic carbocycles. The molecule has 0 bridgehead atoms. The van der Waals surface area contributed by atoms with Crippen molar-refractivity contribution in [3.63, 3.8) is 0 Å². The largest absolute Gasteiger partial charge is 0.508 e. The number of carbonyl (C=O) groups excluding carboxylic acids is 3. The van der Waals surface area contributed by atoms with Crippen molar-refractivity contribution in [1.29, 1.82) is 0 Å². The summed E-state index contributed by atoms with van der Waals surface area (Å²) in [7, 11) is 0. The van der Waals surface area contributed by atoms with Crippen LogP contribution < -0.4 is 10.6 Å². The molecule has 1 aromatic carbocycles. The Balaban J connectivity index is 1.70. The van der Waals surface area contributed by atoms with Gasteiger partial charge in [-0.15, -0.1) is 6.58 Å². The summed E-state index contributed by atoms with van der Waals surface area (Å²) in [4.78, 5) is 39.9. The number of morpholine rings is 1. The van der Waals surface area contributed by atoms with Crippen molar-refractivity contribution in [2.24, 2.45) is 0 Å². The van der Waals surface area contributed by atoms with Gasteiger partial charge in [0.15, 0.2) is 5.78 Å². The molecule has 2 heterocycles. The van der Waals surface area contributed by atoms with Crippen LogP contribution in [0.2, 0.25) is 0 Å². The average molecular weight is 446 g/mol. The van der Waals surface area contributed by atoms with Crippen LogP contribution in [0.1, 0.15) is 36.2 Å². The number of hydrogen-bond donors (Lipinski definition) is 3. The Bertz CT molecular complexity index is 880. The Morgan fingerprint density at radius 1 is 1.31 bits per heavy atom. The number of aromatic hydroxyl groups is 1. The third-order valence-corrected chi connectivity index (χ3v) is 5.62. The highest BCUT2D eigenvalue weighted by atomic mass is 16.5. The topological polar surface area (TPSA) is 117 Å². The van der Waals surface area contributed by atoms with Crippen LogP contribution >= 0.6 is 0 Å². The molecule has 32 heavy (non-hydrogen) atoms. The predicted octanol–water partition coefficient (Wildman–Crippen LogP) is 0.762. The number of phenolic OH excluding ortho intramolecular Hbond substituents is 1. The van der Waals surface area contributed by atoms with Crippen LogP contribution in [-0.4, -0.2) is 78.7 Å². The van der Waals surface area contributed by atoms with Crippen molar-refractivity contribution < 1.29 is 29.0 Å². The zero-order chi connectivity index (χ0) is 23.3. The molecule has 3 N–H and O–H groups in total. The van der Waals surface area contributed by atoms with E-state index >= 15 is 0 Å². The number of ether oxygens (including phenoxy) is 2. The maximum Gasteiger partial charge on any atom is 0.251 e. The van der Waals surface area contributed by atoms with Crippen LogP contribution in [-0.2, 0) is 25.6 Å². The summed E-state index contributed by atoms with van der Waals surface area (Å²) in [5.74, 6) is -1.00. The monoisotopic (exact) mass is 445 g/mol. The van der Waals surface area contributed by atoms with Crippen LogP contribution in [0.4, 0.5) is 0 Å². The predicted molar refractivity (Wildman–Crippen MR) is 117 cm³/mol. The highest BCUT2D eigenvalue weighted by Crippen LogP contribution is 2.21. The van der Waals surface area contributed by atoms with Crippen molar-refractivity contribution in [3.8, 4) is 5.75 Å². The number of nitrogens with one attached hydrogen (secondary N) is 2. The van der Waals surface area contributed by atoms with E-state index in [1.165, 1.54) is 12.1 Å². The fourth-order valence-electron chi connectivity index (χ4n) is 3.77. The van der Waals surface area contributed by atoms with Gasteiger partial charge >= 0.3 is 0 Å². The summed E-state index contributed by atoms with van der Waals surface area (Å²) in [6.45, 7) is 10.5. The molecule has 2 aliphatic heterocycles. The van der Waals surface area contributed by atoms with Gasteiger partial charge in [0.1, 0.15) is 24.4 Å². The fraction of sp³-hybridized carbons (Fsp3) is 0.522. The van der Waals surface area contributed by atoms with E-state index in [1.54, 1.807) is 19.9 Å². The van der Waals surface area contributed by atoms with Crippen LogP contribution in [0.3, 0.4) is 0 Å². The van der Waals surface area contributed by atoms with Crippen molar-refractivity contribution >= 4 is 17.6 Å². The van der Waals surface area contributed by atoms with Gasteiger partial charge < -0.3 is 25.2 Å². The number of amides is 2. The van der Waals surface area contributed by atoms with E-state index in [1.807, 2.05) is 0 Å². The molecule has 0 spiro atoms. The van der Waals surface area contributed by atoms with Gasteiger partial charge in [-0.2, -0.15) is 0 Å². The summed E-state index contributed by atoms with van der Waals surface area (Å²) in [6, 6.07) is 3.00. The lowest BCUT2D eigenvalue weighted by molar-refractivity contribution is -0.127. The number of rotatable bonds is 8. The normalized spacial score (nSPS) is 22.4. The van der Waals surface area contributed by atoms with Crippen LogP contribution in [0.25, 0.3) is 0 Å². The lowest BCUT2D eigenvalue weighted by Crippen LogP contribution is -2.53. The van der Waals surface area contributed by atoms with Gasteiger partial charge in [0.25, 0.3) is 5.91 Å². The Morgan fingerprint density at radius 2 is 2.03 bits per heavy atom. The second kappa shape index (κ2) is 10.7. The van der Waals surface area contributed by atoms with Gasteiger partial charge in [0.05, 0.1) is 19.3 Å². The number of benzene rings is 1. The molecule has 2 aliphatic rings. The van der Waals surface area contributed by atoms with Crippen LogP contribution in [0.15, 0.2) is 30.4 Å². The summed E-state index contributed by atoms with van der Waals surface area (Å²) >= 11 is 0. The Labute approximate surface area is 187 Å². The molecule has 0 unspecified atom stereocenters. The lowest BCUT2D eigenvalue weighted by atomic mass is 10.0. The molecule has 0 radical (unpaired) electrons. The summed E-state index contributed by atoms with van der Waals surface area (Å²) in [6.07, 6.45) is -0.195. The first-order valence-corrected chi connectivity index (χ1v) is 10.8. The Hall–Kier alpha value is -2.75. The van der Waals surface area contributed by atoms with Gasteiger partial charge in [-0.3, -0.25) is 19.3 Å². The highest BCUT2D eigenvalue weighted by molar-refractivity contribution is 5.99. The van der Waals surface area contributed by atoms with E-state index in [0.29, 0.717) is 36.5 Å². The van der Waals surface area contributed by atoms with Gasteiger partial charge in [0.2, 0.25) is 5.91 Å². The van der Waals surface area contributed by atoms with E-state index in [-0.39, 0.29) is 24.6 Å². The molecule has 0 aromatic heterocycles. The molecular weight excluding hydrogens is 414 g/mol. The minimum atomic E-state index is -0.892. The molecular formula is C23H31N3O6. The molecule has 3 atom stereocenters. The minimum Gasteiger partial charge on any atom is -0.508 e. The molecule has 9 heteroatoms. The van der Waals surface area contributed by atoms with Crippen molar-refractivity contribution in [1.82, 2.24) is 15.5 Å². The zero-order valence-corrected chi connectivity index (χ0v) is 18.6. The second-order valence-corrected chi connectivity index (χ2v) is 8.39. The second-order valence-electron chi connectivity index (χ2n) is 8.39. The quantitative estimate of drug-likeness (QED) is 0.506. The van der Waals surface area contributed by atoms with E-state index in [9.17, 15) is 19.5 Å². The van der Waals surface area contributed by atoms with E-state index in [2.05, 4.69) is 22.1 Å². The first kappa shape index (κ1) is 23.9. The third-order valence-electron chi connectivity index (χ3n) is 5.62. The number of nitrogens with zero attached hydrogens (tertiary/aromatic N) is 1. The summed E-state index contributed by atoms with van der Waals surface area (Å²) in [5.41, 5.74) is 1.67. The van der Waals surface area contributed by atoms with Gasteiger partial charge in [-0.25, -0.2) is 0 Å². The molecule has 9 nitrogen and oxygen atoms in total. The molecule has 3 rings (SSSR count). The maximum atomic E-state index is 12.9.